The summed E-state index contributed by atoms with van der Waals surface area (Å²) in [5, 5.41) is 8.17. The van der Waals surface area contributed by atoms with Crippen LogP contribution in [0.5, 0.6) is 0 Å². The number of allylic oxidation sites excluding steroid dienone is 29. The van der Waals surface area contributed by atoms with Crippen LogP contribution in [-0.4, -0.2) is 69.4 Å². The molecule has 14 nitrogen and oxygen atoms in total. The molecule has 0 N–H and O–H groups in total. The zero-order valence-electron chi connectivity index (χ0n) is 67.2. The number of benzene rings is 6. The average Bonchev–Trinajstić information content (AvgIpc) is 1.45. The van der Waals surface area contributed by atoms with Gasteiger partial charge in [-0.15, -0.1) is 0 Å². The Morgan fingerprint density at radius 2 is 0.438 bits per heavy atom. The number of hydrogen-bond donors (Lipinski definition) is 0. The van der Waals surface area contributed by atoms with Gasteiger partial charge in [-0.25, -0.2) is 0 Å². The van der Waals surface area contributed by atoms with E-state index < -0.39 is 0 Å². The Kier molecular flexibility index (Phi) is 30.0. The Hall–Kier alpha value is -12.9. The van der Waals surface area contributed by atoms with E-state index in [9.17, 15) is 57.5 Å². The first-order valence-corrected chi connectivity index (χ1v) is 37.6. The van der Waals surface area contributed by atoms with Crippen molar-refractivity contribution in [2.75, 3.05) is 0 Å². The lowest BCUT2D eigenvalue weighted by molar-refractivity contribution is -0.113. The molecule has 9 aliphatic carbocycles. The van der Waals surface area contributed by atoms with Crippen LogP contribution in [0.3, 0.4) is 0 Å². The van der Waals surface area contributed by atoms with Gasteiger partial charge in [0.1, 0.15) is 0 Å². The van der Waals surface area contributed by atoms with Crippen molar-refractivity contribution in [3.63, 3.8) is 0 Å². The molecule has 0 fully saturated rings. The molecule has 112 heavy (non-hydrogen) atoms. The van der Waals surface area contributed by atoms with Crippen molar-refractivity contribution in [3.05, 3.63) is 368 Å². The third-order valence-corrected chi connectivity index (χ3v) is 18.4. The van der Waals surface area contributed by atoms with Gasteiger partial charge >= 0.3 is 0 Å². The molecule has 0 heterocycles. The molecule has 0 bridgehead atoms. The molecule has 9 aliphatic rings. The minimum Gasteiger partial charge on any atom is -0.289 e. The minimum atomic E-state index is -0.261. The number of Topliss-reactive ketones (excluding diaryl/α,β-unsaturated/α-hetero) is 12. The molecule has 6 aromatic carbocycles. The number of nitrogens with zero attached hydrogens (tertiary/aromatic N) is 2. The summed E-state index contributed by atoms with van der Waals surface area (Å²) in [6.07, 6.45) is 20.1. The van der Waals surface area contributed by atoms with Crippen molar-refractivity contribution in [1.29, 1.82) is 0 Å². The average molecular weight is 1490 g/mol. The fraction of sp³-hybridized carbons (Fsp3) is 0.204. The molecule has 6 aromatic rings. The number of aryl methyl sites for hydroxylation is 1. The molecule has 0 atom stereocenters. The van der Waals surface area contributed by atoms with E-state index in [4.69, 9.17) is 0 Å². The van der Waals surface area contributed by atoms with E-state index in [2.05, 4.69) is 24.1 Å². The van der Waals surface area contributed by atoms with Gasteiger partial charge in [0, 0.05) is 44.5 Å². The predicted octanol–water partition coefficient (Wildman–Crippen LogP) is 22.3. The summed E-state index contributed by atoms with van der Waals surface area (Å²) in [4.78, 5) is 146. The smallest absolute Gasteiger partial charge is 0.198 e. The maximum Gasteiger partial charge on any atom is 0.198 e. The second kappa shape index (κ2) is 38.9. The molecule has 0 aliphatic heterocycles. The van der Waals surface area contributed by atoms with Gasteiger partial charge in [-0.2, -0.15) is 10.2 Å². The molecule has 0 aromatic heterocycles. The summed E-state index contributed by atoms with van der Waals surface area (Å²) in [6, 6.07) is 43.5. The molecule has 0 amide bonds. The van der Waals surface area contributed by atoms with Gasteiger partial charge in [-0.1, -0.05) is 201 Å². The summed E-state index contributed by atoms with van der Waals surface area (Å²) in [7, 11) is 0. The predicted molar refractivity (Wildman–Crippen MR) is 446 cm³/mol. The second-order valence-corrected chi connectivity index (χ2v) is 26.7. The molecule has 0 radical (unpaired) electrons. The molecule has 0 saturated carbocycles. The lowest BCUT2D eigenvalue weighted by atomic mass is 9.79. The summed E-state index contributed by atoms with van der Waals surface area (Å²) in [5.74, 6) is -1.50. The lowest BCUT2D eigenvalue weighted by Gasteiger charge is -2.23. The van der Waals surface area contributed by atoms with E-state index in [0.717, 1.165) is 67.0 Å². The molecular weight excluding hydrogens is 1400 g/mol. The van der Waals surface area contributed by atoms with Crippen LogP contribution in [0.2, 0.25) is 0 Å². The molecule has 15 rings (SSSR count). The summed E-state index contributed by atoms with van der Waals surface area (Å²) in [5.41, 5.74) is 19.1. The van der Waals surface area contributed by atoms with Crippen molar-refractivity contribution >= 4 is 86.2 Å². The Morgan fingerprint density at radius 3 is 0.670 bits per heavy atom. The standard InChI is InChI=1S/C22H16O2.3C17H12O3.C16H16N2O.C3H8.3C2H6/c1-13-11-19(15-7-3-5-9-17(15)21(13)23)20-12-14(2)22(24)18-10-6-4-8-16(18)20;3*1-9-7-11(8-10(2)15(9)18)14-16(19)12-5-3-4-6-13(12)17(14)20;1-11-4-6-15(7-5-11)18-17-10-14-8-12(2)16(19)13(3)9-14;1-3-2;3*1-2/h3-12H,1-2H3;3*3-8H,1-2H3;4-10H,1-3H3;3H2,1-2H3;3*1-2H3/b20-19+;;;;;;;;. The zero-order valence-corrected chi connectivity index (χ0v) is 67.2. The highest BCUT2D eigenvalue weighted by Crippen LogP contribution is 2.41. The second-order valence-electron chi connectivity index (χ2n) is 26.7. The van der Waals surface area contributed by atoms with E-state index in [-0.39, 0.29) is 86.1 Å². The van der Waals surface area contributed by atoms with Crippen LogP contribution in [0.15, 0.2) is 318 Å². The van der Waals surface area contributed by atoms with Crippen LogP contribution in [-0.2, 0) is 19.2 Å². The topological polar surface area (TPSA) is 230 Å². The Morgan fingerprint density at radius 1 is 0.241 bits per heavy atom. The number of hydrogen-bond acceptors (Lipinski definition) is 14. The highest BCUT2D eigenvalue weighted by molar-refractivity contribution is 6.42. The Balaban J connectivity index is 0.000000190. The first-order chi connectivity index (χ1) is 53.6. The number of rotatable bonds is 2. The zero-order chi connectivity index (χ0) is 82.7. The molecule has 0 spiro atoms. The molecule has 0 saturated heterocycles. The van der Waals surface area contributed by atoms with Crippen LogP contribution >= 0.6 is 0 Å². The Bertz CT molecular complexity index is 4930. The summed E-state index contributed by atoms with van der Waals surface area (Å²) in [6.45, 7) is 35.7. The number of azo groups is 1. The van der Waals surface area contributed by atoms with E-state index in [0.29, 0.717) is 83.5 Å². The largest absolute Gasteiger partial charge is 0.289 e. The van der Waals surface area contributed by atoms with Crippen molar-refractivity contribution < 1.29 is 57.5 Å². The van der Waals surface area contributed by atoms with Gasteiger partial charge < -0.3 is 0 Å². The Labute approximate surface area is 656 Å². The highest BCUT2D eigenvalue weighted by atomic mass is 16.2. The van der Waals surface area contributed by atoms with Gasteiger partial charge in [-0.3, -0.25) is 57.5 Å². The molecule has 568 valence electrons. The number of carbonyl (C=O) groups is 12. The van der Waals surface area contributed by atoms with Crippen LogP contribution in [0.1, 0.15) is 231 Å². The summed E-state index contributed by atoms with van der Waals surface area (Å²) >= 11 is 0. The normalized spacial score (nSPS) is 16.9. The number of carbonyl (C=O) groups excluding carboxylic acids is 12. The van der Waals surface area contributed by atoms with E-state index in [1.54, 1.807) is 157 Å². The summed E-state index contributed by atoms with van der Waals surface area (Å²) < 4.78 is 0. The first kappa shape index (κ1) is 86.3. The number of ketones is 12. The van der Waals surface area contributed by atoms with Crippen LogP contribution in [0.25, 0.3) is 11.1 Å². The van der Waals surface area contributed by atoms with Gasteiger partial charge in [-0.05, 0) is 249 Å². The third kappa shape index (κ3) is 18.8. The van der Waals surface area contributed by atoms with E-state index in [1.807, 2.05) is 173 Å². The third-order valence-electron chi connectivity index (χ3n) is 18.4. The maximum atomic E-state index is 12.4. The fourth-order valence-corrected chi connectivity index (χ4v) is 13.1. The first-order valence-electron chi connectivity index (χ1n) is 37.6. The quantitative estimate of drug-likeness (QED) is 0.0895. The lowest BCUT2D eigenvalue weighted by Crippen LogP contribution is -2.13. The van der Waals surface area contributed by atoms with Gasteiger partial charge in [0.25, 0.3) is 0 Å². The van der Waals surface area contributed by atoms with Crippen LogP contribution in [0, 0.1) is 6.92 Å². The highest BCUT2D eigenvalue weighted by Gasteiger charge is 2.38. The number of fused-ring (bicyclic) bond motifs is 5. The van der Waals surface area contributed by atoms with Crippen molar-refractivity contribution in [1.82, 2.24) is 0 Å². The van der Waals surface area contributed by atoms with Gasteiger partial charge in [0.15, 0.2) is 69.4 Å². The van der Waals surface area contributed by atoms with E-state index >= 15 is 0 Å². The molecular formula is C98H94N2O12. The van der Waals surface area contributed by atoms with Gasteiger partial charge in [0.2, 0.25) is 0 Å². The van der Waals surface area contributed by atoms with Gasteiger partial charge in [0.05, 0.1) is 28.6 Å². The SMILES string of the molecule is CC.CC.CC.CC1=C/C(=C2/C=C(C)C(=O)c3ccccc32)c2ccccc2C1=O.CC1=CC(=C2C(=O)c3ccccc3C2=O)C=C(C)C1=O.CC1=CC(=C2C(=O)c3ccccc3C2=O)C=C(C)C1=O.CC1=CC(=C2C(=O)c3ccccc3C2=O)C=C(C)C1=O.CC1=CC(=CN=Nc2ccc(C)cc2)C=C(C)C1=O.CCC. The van der Waals surface area contributed by atoms with Crippen molar-refractivity contribution in [3.8, 4) is 0 Å². The van der Waals surface area contributed by atoms with E-state index in [1.165, 1.54) is 12.0 Å². The van der Waals surface area contributed by atoms with Crippen LogP contribution in [0.4, 0.5) is 5.69 Å². The van der Waals surface area contributed by atoms with Crippen LogP contribution < -0.4 is 0 Å². The van der Waals surface area contributed by atoms with Crippen molar-refractivity contribution in [2.45, 2.75) is 138 Å². The minimum absolute atomic E-state index is 0.0511. The monoisotopic (exact) mass is 1490 g/mol. The molecule has 0 unspecified atom stereocenters. The maximum absolute atomic E-state index is 12.4. The van der Waals surface area contributed by atoms with Crippen molar-refractivity contribution in [2.24, 2.45) is 10.2 Å². The fourth-order valence-electron chi connectivity index (χ4n) is 13.1. The molecule has 14 heteroatoms.